The lowest BCUT2D eigenvalue weighted by Crippen LogP contribution is -2.29. The summed E-state index contributed by atoms with van der Waals surface area (Å²) in [7, 11) is 4.13. The van der Waals surface area contributed by atoms with Gasteiger partial charge in [-0.3, -0.25) is 9.98 Å². The van der Waals surface area contributed by atoms with Crippen LogP contribution in [0.15, 0.2) is 102 Å². The molecule has 57 heavy (non-hydrogen) atoms. The molecule has 0 saturated heterocycles. The third kappa shape index (κ3) is 26.2. The van der Waals surface area contributed by atoms with Crippen molar-refractivity contribution in [3.8, 4) is 0 Å². The largest absolute Gasteiger partial charge is 0.469 e. The highest BCUT2D eigenvalue weighted by Gasteiger charge is 2.12. The fourth-order valence-corrected chi connectivity index (χ4v) is 5.65. The van der Waals surface area contributed by atoms with Crippen molar-refractivity contribution >= 4 is 5.84 Å². The summed E-state index contributed by atoms with van der Waals surface area (Å²) in [5.41, 5.74) is 3.93. The molecule has 9 nitrogen and oxygen atoms in total. The summed E-state index contributed by atoms with van der Waals surface area (Å²) in [6.07, 6.45) is 19.4. The first kappa shape index (κ1) is 52.6. The topological polar surface area (TPSA) is 82.2 Å². The highest BCUT2D eigenvalue weighted by Crippen LogP contribution is 2.08. The number of aryl methyl sites for hydroxylation is 3. The van der Waals surface area contributed by atoms with Crippen LogP contribution in [0.2, 0.25) is 0 Å². The average molecular weight is 787 g/mol. The van der Waals surface area contributed by atoms with E-state index in [1.54, 1.807) is 6.26 Å². The number of pyridine rings is 1. The van der Waals surface area contributed by atoms with Crippen molar-refractivity contribution in [2.45, 2.75) is 123 Å². The summed E-state index contributed by atoms with van der Waals surface area (Å²) in [5.74, 6) is 5.91. The van der Waals surface area contributed by atoms with Crippen molar-refractivity contribution in [1.29, 1.82) is 0 Å². The van der Waals surface area contributed by atoms with Crippen LogP contribution < -0.4 is 0 Å². The van der Waals surface area contributed by atoms with E-state index in [0.717, 1.165) is 69.0 Å². The summed E-state index contributed by atoms with van der Waals surface area (Å²) in [4.78, 5) is 18.9. The molecular weight excluding hydrogens is 705 g/mol. The van der Waals surface area contributed by atoms with Gasteiger partial charge in [0.1, 0.15) is 5.76 Å². The highest BCUT2D eigenvalue weighted by atomic mass is 16.3. The molecule has 320 valence electrons. The molecule has 1 aliphatic rings. The second-order valence-electron chi connectivity index (χ2n) is 16.6. The van der Waals surface area contributed by atoms with Crippen molar-refractivity contribution in [3.05, 3.63) is 115 Å². The molecule has 0 unspecified atom stereocenters. The Hall–Kier alpha value is -4.40. The number of amidine groups is 1. The predicted molar refractivity (Wildman–Crippen MR) is 245 cm³/mol. The molecule has 6 rings (SSSR count). The van der Waals surface area contributed by atoms with Crippen LogP contribution in [-0.4, -0.2) is 59.0 Å². The molecule has 0 N–H and O–H groups in total. The maximum Gasteiger partial charge on any atom is 0.103 e. The first-order valence-corrected chi connectivity index (χ1v) is 20.8. The SMILES string of the molecule is C.CC(C)Cc1ccccn1.CC(C)Cc1cccn1C.CC(C)Cc1cncn1C.CC(C)Cn1ccnc1.CC1=NCCN1CC(C)C.CCc1ccco1. The first-order chi connectivity index (χ1) is 26.6. The van der Waals surface area contributed by atoms with E-state index >= 15 is 0 Å². The quantitative estimate of drug-likeness (QED) is 0.133. The molecule has 6 heterocycles. The van der Waals surface area contributed by atoms with Gasteiger partial charge < -0.3 is 23.0 Å². The standard InChI is InChI=1S/C9H15N.C9H13N.C8H14N2.C8H16N2.C7H12N2.C6H8O.CH4/c1-8(2)7-9-5-4-6-10(9)3;1-8(2)7-9-5-3-4-6-10-9;1-7(2)4-8-5-9-6-10(8)3;1-7(2)6-10-5-4-9-8(10)3;1-7(2)5-9-4-3-8-6-9;1-2-6-4-3-5-7-6;/h4-6,8H,7H2,1-3H3;3-6,8H,7H2,1-2H3;5-7H,4H2,1-3H3;7H,4-6H2,1-3H3;3-4,6-7H,5H2,1-2H3;3-5H,2H2,1H3;1H4. The molecule has 5 aromatic rings. The minimum atomic E-state index is 0. The van der Waals surface area contributed by atoms with E-state index in [4.69, 9.17) is 4.42 Å². The Labute approximate surface area is 349 Å². The van der Waals surface area contributed by atoms with Gasteiger partial charge in [0.15, 0.2) is 0 Å². The lowest BCUT2D eigenvalue weighted by Gasteiger charge is -2.19. The van der Waals surface area contributed by atoms with Gasteiger partial charge in [-0.2, -0.15) is 0 Å². The van der Waals surface area contributed by atoms with Crippen LogP contribution >= 0.6 is 0 Å². The van der Waals surface area contributed by atoms with E-state index in [9.17, 15) is 0 Å². The molecule has 0 atom stereocenters. The molecule has 0 fully saturated rings. The molecule has 0 aliphatic carbocycles. The summed E-state index contributed by atoms with van der Waals surface area (Å²) in [6, 6.07) is 14.2. The molecule has 0 radical (unpaired) electrons. The minimum Gasteiger partial charge on any atom is -0.469 e. The Balaban J connectivity index is 0.000000660. The average Bonchev–Trinajstić information content (AvgIpc) is 3.99. The molecule has 5 aromatic heterocycles. The van der Waals surface area contributed by atoms with E-state index < -0.39 is 0 Å². The van der Waals surface area contributed by atoms with Crippen LogP contribution in [0.3, 0.4) is 0 Å². The Bertz CT molecular complexity index is 1580. The zero-order valence-corrected chi connectivity index (χ0v) is 37.7. The number of imidazole rings is 2. The van der Waals surface area contributed by atoms with Crippen molar-refractivity contribution < 1.29 is 4.42 Å². The number of aliphatic imine (C=N–C) groups is 1. The van der Waals surface area contributed by atoms with Crippen LogP contribution in [0.1, 0.15) is 113 Å². The molecule has 0 saturated carbocycles. The van der Waals surface area contributed by atoms with Gasteiger partial charge in [0.05, 0.1) is 31.3 Å². The van der Waals surface area contributed by atoms with Gasteiger partial charge in [0, 0.05) is 88.2 Å². The summed E-state index contributed by atoms with van der Waals surface area (Å²) in [5, 5.41) is 0. The second-order valence-corrected chi connectivity index (χ2v) is 16.6. The fourth-order valence-electron chi connectivity index (χ4n) is 5.65. The first-order valence-electron chi connectivity index (χ1n) is 20.8. The molecule has 0 aromatic carbocycles. The van der Waals surface area contributed by atoms with Gasteiger partial charge >= 0.3 is 0 Å². The number of nitrogens with zero attached hydrogens (tertiary/aromatic N) is 8. The van der Waals surface area contributed by atoms with Gasteiger partial charge in [-0.1, -0.05) is 89.7 Å². The molecule has 0 bridgehead atoms. The molecule has 1 aliphatic heterocycles. The van der Waals surface area contributed by atoms with Gasteiger partial charge in [-0.15, -0.1) is 0 Å². The van der Waals surface area contributed by atoms with Crippen LogP contribution in [0.4, 0.5) is 0 Å². The van der Waals surface area contributed by atoms with Crippen molar-refractivity contribution in [3.63, 3.8) is 0 Å². The monoisotopic (exact) mass is 787 g/mol. The maximum absolute atomic E-state index is 4.98. The number of rotatable bonds is 11. The predicted octanol–water partition coefficient (Wildman–Crippen LogP) is 11.5. The lowest BCUT2D eigenvalue weighted by atomic mass is 10.1. The zero-order chi connectivity index (χ0) is 41.9. The van der Waals surface area contributed by atoms with E-state index in [1.807, 2.05) is 68.8 Å². The van der Waals surface area contributed by atoms with E-state index in [1.165, 1.54) is 29.3 Å². The molecule has 9 heteroatoms. The second kappa shape index (κ2) is 30.7. The molecule has 0 amide bonds. The number of furan rings is 1. The summed E-state index contributed by atoms with van der Waals surface area (Å²) in [6.45, 7) is 30.7. The Morgan fingerprint density at radius 1 is 0.667 bits per heavy atom. The highest BCUT2D eigenvalue weighted by molar-refractivity contribution is 5.81. The fraction of sp³-hybridized carbons (Fsp3) is 0.583. The van der Waals surface area contributed by atoms with Gasteiger partial charge in [-0.25, -0.2) is 9.97 Å². The van der Waals surface area contributed by atoms with Crippen LogP contribution in [0, 0.1) is 29.6 Å². The van der Waals surface area contributed by atoms with Crippen LogP contribution in [-0.2, 0) is 46.3 Å². The third-order valence-electron chi connectivity index (χ3n) is 8.36. The summed E-state index contributed by atoms with van der Waals surface area (Å²) >= 11 is 0. The third-order valence-corrected chi connectivity index (χ3v) is 8.36. The van der Waals surface area contributed by atoms with E-state index in [0.29, 0.717) is 11.8 Å². The van der Waals surface area contributed by atoms with Gasteiger partial charge in [0.2, 0.25) is 0 Å². The number of hydrogen-bond donors (Lipinski definition) is 0. The van der Waals surface area contributed by atoms with Crippen molar-refractivity contribution in [2.24, 2.45) is 48.7 Å². The lowest BCUT2D eigenvalue weighted by molar-refractivity contribution is 0.392. The van der Waals surface area contributed by atoms with Crippen molar-refractivity contribution in [2.75, 3.05) is 19.6 Å². The van der Waals surface area contributed by atoms with Crippen LogP contribution in [0.5, 0.6) is 0 Å². The van der Waals surface area contributed by atoms with Crippen molar-refractivity contribution in [1.82, 2.24) is 33.6 Å². The number of hydrogen-bond acceptors (Lipinski definition) is 6. The Morgan fingerprint density at radius 3 is 1.74 bits per heavy atom. The number of aromatic nitrogens is 6. The molecular formula is C48H82N8O. The zero-order valence-electron chi connectivity index (χ0n) is 37.7. The normalized spacial score (nSPS) is 11.6. The van der Waals surface area contributed by atoms with Crippen LogP contribution in [0.25, 0.3) is 0 Å². The summed E-state index contributed by atoms with van der Waals surface area (Å²) < 4.78 is 11.3. The van der Waals surface area contributed by atoms with E-state index in [-0.39, 0.29) is 7.43 Å². The van der Waals surface area contributed by atoms with Gasteiger partial charge in [-0.05, 0) is 92.2 Å². The maximum atomic E-state index is 4.98. The molecule has 0 spiro atoms. The Morgan fingerprint density at radius 2 is 1.33 bits per heavy atom. The van der Waals surface area contributed by atoms with Gasteiger partial charge in [0.25, 0.3) is 0 Å². The minimum absolute atomic E-state index is 0. The smallest absolute Gasteiger partial charge is 0.103 e. The Kier molecular flexibility index (Phi) is 28.3. The van der Waals surface area contributed by atoms with E-state index in [2.05, 4.69) is 153 Å².